The van der Waals surface area contributed by atoms with E-state index in [2.05, 4.69) is 54.7 Å². The molecule has 16 heavy (non-hydrogen) atoms. The topological polar surface area (TPSA) is 16.1 Å². The Balaban J connectivity index is 2.13. The number of piperidine rings is 1. The maximum absolute atomic E-state index is 4.50. The molecule has 2 heterocycles. The lowest BCUT2D eigenvalue weighted by Gasteiger charge is -2.33. The summed E-state index contributed by atoms with van der Waals surface area (Å²) in [4.78, 5) is 6.89. The second-order valence-electron chi connectivity index (χ2n) is 4.40. The van der Waals surface area contributed by atoms with E-state index in [0.29, 0.717) is 0 Å². The van der Waals surface area contributed by atoms with Gasteiger partial charge < -0.3 is 4.90 Å². The van der Waals surface area contributed by atoms with Crippen LogP contribution in [0.4, 0.5) is 5.82 Å². The summed E-state index contributed by atoms with van der Waals surface area (Å²) < 4.78 is 1.09. The van der Waals surface area contributed by atoms with Crippen molar-refractivity contribution in [1.29, 1.82) is 0 Å². The number of hydrogen-bond acceptors (Lipinski definition) is 2. The van der Waals surface area contributed by atoms with Crippen LogP contribution in [0.25, 0.3) is 0 Å². The lowest BCUT2D eigenvalue weighted by atomic mass is 10.0. The van der Waals surface area contributed by atoms with Crippen LogP contribution in [0.3, 0.4) is 0 Å². The highest BCUT2D eigenvalue weighted by Gasteiger charge is 2.20. The quantitative estimate of drug-likeness (QED) is 0.757. The Bertz CT molecular complexity index is 368. The van der Waals surface area contributed by atoms with Crippen LogP contribution in [0, 0.1) is 12.8 Å². The first-order valence-electron chi connectivity index (χ1n) is 5.63. The van der Waals surface area contributed by atoms with Gasteiger partial charge in [-0.25, -0.2) is 4.98 Å². The largest absolute Gasteiger partial charge is 0.356 e. The van der Waals surface area contributed by atoms with Crippen molar-refractivity contribution in [2.24, 2.45) is 5.92 Å². The molecule has 4 heteroatoms. The molecule has 2 rings (SSSR count). The summed E-state index contributed by atoms with van der Waals surface area (Å²) in [7, 11) is 0. The van der Waals surface area contributed by atoms with Gasteiger partial charge in [-0.15, -0.1) is 0 Å². The highest BCUT2D eigenvalue weighted by atomic mass is 79.9. The Labute approximate surface area is 114 Å². The average Bonchev–Trinajstić information content (AvgIpc) is 2.33. The smallest absolute Gasteiger partial charge is 0.128 e. The normalized spacial score (nSPS) is 21.2. The lowest BCUT2D eigenvalue weighted by Crippen LogP contribution is -2.36. The van der Waals surface area contributed by atoms with Gasteiger partial charge >= 0.3 is 0 Å². The van der Waals surface area contributed by atoms with E-state index in [1.54, 1.807) is 0 Å². The van der Waals surface area contributed by atoms with Gasteiger partial charge in [0.25, 0.3) is 0 Å². The van der Waals surface area contributed by atoms with Crippen LogP contribution in [-0.2, 0) is 0 Å². The Kier molecular flexibility index (Phi) is 4.25. The van der Waals surface area contributed by atoms with Crippen molar-refractivity contribution in [2.45, 2.75) is 19.8 Å². The fraction of sp³-hybridized carbons (Fsp3) is 0.583. The lowest BCUT2D eigenvalue weighted by molar-refractivity contribution is 0.452. The third-order valence-electron chi connectivity index (χ3n) is 3.09. The Morgan fingerprint density at radius 2 is 2.38 bits per heavy atom. The Morgan fingerprint density at radius 3 is 3.06 bits per heavy atom. The second kappa shape index (κ2) is 5.50. The van der Waals surface area contributed by atoms with Crippen molar-refractivity contribution in [3.8, 4) is 0 Å². The summed E-state index contributed by atoms with van der Waals surface area (Å²) in [6.07, 6.45) is 4.51. The van der Waals surface area contributed by atoms with E-state index in [1.165, 1.54) is 18.4 Å². The number of halogens is 2. The minimum atomic E-state index is 0.763. The third kappa shape index (κ3) is 2.77. The van der Waals surface area contributed by atoms with E-state index in [4.69, 9.17) is 0 Å². The number of aryl methyl sites for hydroxylation is 1. The number of pyridine rings is 1. The van der Waals surface area contributed by atoms with Crippen molar-refractivity contribution in [3.63, 3.8) is 0 Å². The Morgan fingerprint density at radius 1 is 1.56 bits per heavy atom. The van der Waals surface area contributed by atoms with Crippen molar-refractivity contribution in [2.75, 3.05) is 23.3 Å². The molecule has 1 saturated heterocycles. The number of hydrogen-bond donors (Lipinski definition) is 0. The van der Waals surface area contributed by atoms with Crippen molar-refractivity contribution in [3.05, 3.63) is 22.3 Å². The summed E-state index contributed by atoms with van der Waals surface area (Å²) in [6.45, 7) is 4.37. The second-order valence-corrected chi connectivity index (χ2v) is 5.90. The monoisotopic (exact) mass is 346 g/mol. The first kappa shape index (κ1) is 12.4. The molecule has 0 aromatic carbocycles. The van der Waals surface area contributed by atoms with Crippen molar-refractivity contribution < 1.29 is 0 Å². The number of aromatic nitrogens is 1. The standard InChI is InChI=1S/C12H16Br2N2/c1-9-5-12(15-7-11(9)14)16-4-2-3-10(6-13)8-16/h5,7,10H,2-4,6,8H2,1H3. The zero-order chi connectivity index (χ0) is 11.5. The summed E-state index contributed by atoms with van der Waals surface area (Å²) in [6, 6.07) is 2.17. The molecular weight excluding hydrogens is 332 g/mol. The molecule has 0 bridgehead atoms. The van der Waals surface area contributed by atoms with Crippen LogP contribution < -0.4 is 4.90 Å². The first-order chi connectivity index (χ1) is 7.70. The van der Waals surface area contributed by atoms with Gasteiger partial charge in [-0.05, 0) is 53.2 Å². The van der Waals surface area contributed by atoms with E-state index in [1.807, 2.05) is 6.20 Å². The van der Waals surface area contributed by atoms with Crippen LogP contribution in [0.5, 0.6) is 0 Å². The first-order valence-corrected chi connectivity index (χ1v) is 7.55. The van der Waals surface area contributed by atoms with Gasteiger partial charge in [-0.3, -0.25) is 0 Å². The molecule has 0 radical (unpaired) electrons. The molecule has 1 aromatic heterocycles. The van der Waals surface area contributed by atoms with Gasteiger partial charge in [0.2, 0.25) is 0 Å². The molecule has 0 aliphatic carbocycles. The van der Waals surface area contributed by atoms with Gasteiger partial charge in [0.1, 0.15) is 5.82 Å². The highest BCUT2D eigenvalue weighted by Crippen LogP contribution is 2.25. The number of alkyl halides is 1. The van der Waals surface area contributed by atoms with Crippen LogP contribution in [-0.4, -0.2) is 23.4 Å². The Hall–Kier alpha value is -0.0900. The average molecular weight is 348 g/mol. The third-order valence-corrected chi connectivity index (χ3v) is 4.84. The summed E-state index contributed by atoms with van der Waals surface area (Å²) in [5, 5.41) is 1.10. The fourth-order valence-corrected chi connectivity index (χ4v) is 2.84. The maximum atomic E-state index is 4.50. The molecular formula is C12H16Br2N2. The predicted octanol–water partition coefficient (Wildman–Crippen LogP) is 3.76. The number of anilines is 1. The minimum Gasteiger partial charge on any atom is -0.356 e. The van der Waals surface area contributed by atoms with Crippen LogP contribution >= 0.6 is 31.9 Å². The molecule has 0 N–H and O–H groups in total. The molecule has 1 fully saturated rings. The molecule has 1 atom stereocenters. The molecule has 2 nitrogen and oxygen atoms in total. The SMILES string of the molecule is Cc1cc(N2CCCC(CBr)C2)ncc1Br. The molecule has 0 spiro atoms. The molecule has 88 valence electrons. The molecule has 1 aliphatic rings. The zero-order valence-corrected chi connectivity index (χ0v) is 12.6. The molecule has 0 amide bonds. The number of rotatable bonds is 2. The van der Waals surface area contributed by atoms with Gasteiger partial charge in [0.15, 0.2) is 0 Å². The van der Waals surface area contributed by atoms with Crippen LogP contribution in [0.2, 0.25) is 0 Å². The van der Waals surface area contributed by atoms with E-state index in [-0.39, 0.29) is 0 Å². The summed E-state index contributed by atoms with van der Waals surface area (Å²) in [5.41, 5.74) is 1.26. The fourth-order valence-electron chi connectivity index (χ4n) is 2.10. The van der Waals surface area contributed by atoms with Crippen molar-refractivity contribution >= 4 is 37.7 Å². The maximum Gasteiger partial charge on any atom is 0.128 e. The molecule has 0 saturated carbocycles. The van der Waals surface area contributed by atoms with Gasteiger partial charge in [0, 0.05) is 29.1 Å². The zero-order valence-electron chi connectivity index (χ0n) is 9.42. The molecule has 1 aromatic rings. The van der Waals surface area contributed by atoms with E-state index in [0.717, 1.165) is 34.6 Å². The summed E-state index contributed by atoms with van der Waals surface area (Å²) in [5.74, 6) is 1.88. The van der Waals surface area contributed by atoms with Crippen LogP contribution in [0.1, 0.15) is 18.4 Å². The molecule has 1 aliphatic heterocycles. The summed E-state index contributed by atoms with van der Waals surface area (Å²) >= 11 is 7.07. The van der Waals surface area contributed by atoms with E-state index >= 15 is 0 Å². The van der Waals surface area contributed by atoms with Gasteiger partial charge in [-0.1, -0.05) is 15.9 Å². The van der Waals surface area contributed by atoms with E-state index in [9.17, 15) is 0 Å². The predicted molar refractivity (Wildman–Crippen MR) is 75.4 cm³/mol. The number of nitrogens with zero attached hydrogens (tertiary/aromatic N) is 2. The van der Waals surface area contributed by atoms with Gasteiger partial charge in [0.05, 0.1) is 0 Å². The minimum absolute atomic E-state index is 0.763. The van der Waals surface area contributed by atoms with Crippen molar-refractivity contribution in [1.82, 2.24) is 4.98 Å². The van der Waals surface area contributed by atoms with Gasteiger partial charge in [-0.2, -0.15) is 0 Å². The van der Waals surface area contributed by atoms with Crippen LogP contribution in [0.15, 0.2) is 16.7 Å². The highest BCUT2D eigenvalue weighted by molar-refractivity contribution is 9.10. The molecule has 1 unspecified atom stereocenters. The van der Waals surface area contributed by atoms with E-state index < -0.39 is 0 Å².